The molecule has 0 radical (unpaired) electrons. The molecule has 0 aromatic heterocycles. The molecule has 2 aliphatic rings. The number of nitrogens with one attached hydrogen (secondary N) is 1. The van der Waals surface area contributed by atoms with Crippen LogP contribution in [0.25, 0.3) is 0 Å². The average molecular weight is 268 g/mol. The second-order valence-electron chi connectivity index (χ2n) is 6.53. The lowest BCUT2D eigenvalue weighted by Gasteiger charge is -2.30. The van der Waals surface area contributed by atoms with Crippen LogP contribution in [0.2, 0.25) is 0 Å². The van der Waals surface area contributed by atoms with Crippen LogP contribution in [-0.2, 0) is 4.74 Å². The van der Waals surface area contributed by atoms with Crippen LogP contribution >= 0.6 is 0 Å². The summed E-state index contributed by atoms with van der Waals surface area (Å²) in [5.74, 6) is 1.73. The third kappa shape index (κ3) is 5.05. The molecule has 2 rings (SSSR count). The molecule has 0 bridgehead atoms. The normalized spacial score (nSPS) is 29.2. The molecular weight excluding hydrogens is 236 g/mol. The summed E-state index contributed by atoms with van der Waals surface area (Å²) in [4.78, 5) is 2.58. The van der Waals surface area contributed by atoms with Crippen molar-refractivity contribution in [2.24, 2.45) is 11.8 Å². The van der Waals surface area contributed by atoms with E-state index in [4.69, 9.17) is 4.74 Å². The van der Waals surface area contributed by atoms with E-state index in [1.54, 1.807) is 0 Å². The zero-order valence-corrected chi connectivity index (χ0v) is 12.9. The Morgan fingerprint density at radius 2 is 1.89 bits per heavy atom. The minimum atomic E-state index is 0.775. The van der Waals surface area contributed by atoms with Crippen molar-refractivity contribution in [3.8, 4) is 0 Å². The lowest BCUT2D eigenvalue weighted by Crippen LogP contribution is -2.40. The van der Waals surface area contributed by atoms with Gasteiger partial charge < -0.3 is 15.0 Å². The SMILES string of the molecule is CCCNC1CCCC1CN(C)CC1CCOCC1. The Hall–Kier alpha value is -0.120. The van der Waals surface area contributed by atoms with E-state index in [1.807, 2.05) is 0 Å². The fraction of sp³-hybridized carbons (Fsp3) is 1.00. The quantitative estimate of drug-likeness (QED) is 0.768. The van der Waals surface area contributed by atoms with Gasteiger partial charge in [0.2, 0.25) is 0 Å². The van der Waals surface area contributed by atoms with Crippen LogP contribution in [-0.4, -0.2) is 50.8 Å². The molecule has 1 heterocycles. The van der Waals surface area contributed by atoms with Crippen LogP contribution < -0.4 is 5.32 Å². The molecule has 2 unspecified atom stereocenters. The first-order chi connectivity index (χ1) is 9.29. The van der Waals surface area contributed by atoms with Gasteiger partial charge in [-0.1, -0.05) is 13.3 Å². The third-order valence-corrected chi connectivity index (χ3v) is 4.77. The van der Waals surface area contributed by atoms with Crippen molar-refractivity contribution in [3.63, 3.8) is 0 Å². The zero-order chi connectivity index (χ0) is 13.5. The van der Waals surface area contributed by atoms with Crippen molar-refractivity contribution in [3.05, 3.63) is 0 Å². The van der Waals surface area contributed by atoms with Crippen molar-refractivity contribution < 1.29 is 4.74 Å². The Kier molecular flexibility index (Phi) is 6.62. The van der Waals surface area contributed by atoms with Gasteiger partial charge in [0.25, 0.3) is 0 Å². The van der Waals surface area contributed by atoms with E-state index in [9.17, 15) is 0 Å². The zero-order valence-electron chi connectivity index (χ0n) is 12.9. The van der Waals surface area contributed by atoms with Crippen LogP contribution in [0.5, 0.6) is 0 Å². The monoisotopic (exact) mass is 268 g/mol. The van der Waals surface area contributed by atoms with E-state index in [2.05, 4.69) is 24.2 Å². The summed E-state index contributed by atoms with van der Waals surface area (Å²) in [5.41, 5.74) is 0. The molecule has 0 spiro atoms. The standard InChI is InChI=1S/C16H32N2O/c1-3-9-17-16-6-4-5-15(16)13-18(2)12-14-7-10-19-11-8-14/h14-17H,3-13H2,1-2H3. The average Bonchev–Trinajstić information content (AvgIpc) is 2.84. The molecule has 1 saturated heterocycles. The molecule has 19 heavy (non-hydrogen) atoms. The number of rotatable bonds is 7. The van der Waals surface area contributed by atoms with E-state index >= 15 is 0 Å². The highest BCUT2D eigenvalue weighted by Gasteiger charge is 2.28. The molecule has 112 valence electrons. The lowest BCUT2D eigenvalue weighted by molar-refractivity contribution is 0.0536. The van der Waals surface area contributed by atoms with E-state index in [0.29, 0.717) is 0 Å². The minimum Gasteiger partial charge on any atom is -0.381 e. The van der Waals surface area contributed by atoms with Crippen molar-refractivity contribution in [1.82, 2.24) is 10.2 Å². The van der Waals surface area contributed by atoms with Crippen molar-refractivity contribution in [2.75, 3.05) is 39.9 Å². The number of ether oxygens (including phenoxy) is 1. The predicted molar refractivity (Wildman–Crippen MR) is 80.5 cm³/mol. The Labute approximate surface area is 119 Å². The second-order valence-corrected chi connectivity index (χ2v) is 6.53. The van der Waals surface area contributed by atoms with E-state index in [1.165, 1.54) is 58.2 Å². The summed E-state index contributed by atoms with van der Waals surface area (Å²) >= 11 is 0. The smallest absolute Gasteiger partial charge is 0.0469 e. The topological polar surface area (TPSA) is 24.5 Å². The Morgan fingerprint density at radius 1 is 1.11 bits per heavy atom. The van der Waals surface area contributed by atoms with Crippen molar-refractivity contribution >= 4 is 0 Å². The first-order valence-corrected chi connectivity index (χ1v) is 8.29. The Morgan fingerprint density at radius 3 is 2.63 bits per heavy atom. The van der Waals surface area contributed by atoms with Crippen molar-refractivity contribution in [2.45, 2.75) is 51.5 Å². The predicted octanol–water partition coefficient (Wildman–Crippen LogP) is 2.51. The lowest BCUT2D eigenvalue weighted by atomic mass is 9.98. The second kappa shape index (κ2) is 8.23. The minimum absolute atomic E-state index is 0.775. The highest BCUT2D eigenvalue weighted by molar-refractivity contribution is 4.85. The fourth-order valence-electron chi connectivity index (χ4n) is 3.70. The van der Waals surface area contributed by atoms with E-state index < -0.39 is 0 Å². The Balaban J connectivity index is 1.69. The van der Waals surface area contributed by atoms with Crippen LogP contribution in [0.15, 0.2) is 0 Å². The van der Waals surface area contributed by atoms with E-state index in [-0.39, 0.29) is 0 Å². The largest absolute Gasteiger partial charge is 0.381 e. The molecule has 0 aromatic carbocycles. The molecule has 1 N–H and O–H groups in total. The van der Waals surface area contributed by atoms with E-state index in [0.717, 1.165) is 31.1 Å². The molecule has 3 heteroatoms. The molecule has 0 aromatic rings. The van der Waals surface area contributed by atoms with Gasteiger partial charge in [0.05, 0.1) is 0 Å². The van der Waals surface area contributed by atoms with Crippen LogP contribution in [0, 0.1) is 11.8 Å². The van der Waals surface area contributed by atoms with Gasteiger partial charge in [-0.05, 0) is 57.5 Å². The van der Waals surface area contributed by atoms with Gasteiger partial charge in [-0.25, -0.2) is 0 Å². The number of hydrogen-bond acceptors (Lipinski definition) is 3. The molecular formula is C16H32N2O. The highest BCUT2D eigenvalue weighted by Crippen LogP contribution is 2.27. The first kappa shape index (κ1) is 15.3. The summed E-state index contributed by atoms with van der Waals surface area (Å²) in [7, 11) is 2.31. The third-order valence-electron chi connectivity index (χ3n) is 4.77. The van der Waals surface area contributed by atoms with Gasteiger partial charge in [-0.2, -0.15) is 0 Å². The summed E-state index contributed by atoms with van der Waals surface area (Å²) in [6, 6.07) is 0.775. The molecule has 2 fully saturated rings. The Bertz CT molecular complexity index is 241. The molecule has 1 aliphatic carbocycles. The molecule has 2 atom stereocenters. The van der Waals surface area contributed by atoms with Crippen LogP contribution in [0.3, 0.4) is 0 Å². The summed E-state index contributed by atoms with van der Waals surface area (Å²) < 4.78 is 5.45. The maximum atomic E-state index is 5.45. The molecule has 0 amide bonds. The highest BCUT2D eigenvalue weighted by atomic mass is 16.5. The molecule has 1 saturated carbocycles. The van der Waals surface area contributed by atoms with Crippen LogP contribution in [0.4, 0.5) is 0 Å². The van der Waals surface area contributed by atoms with Gasteiger partial charge in [0, 0.05) is 32.3 Å². The number of nitrogens with zero attached hydrogens (tertiary/aromatic N) is 1. The van der Waals surface area contributed by atoms with Gasteiger partial charge in [0.15, 0.2) is 0 Å². The van der Waals surface area contributed by atoms with Gasteiger partial charge >= 0.3 is 0 Å². The van der Waals surface area contributed by atoms with Crippen molar-refractivity contribution in [1.29, 1.82) is 0 Å². The number of hydrogen-bond donors (Lipinski definition) is 1. The molecule has 1 aliphatic heterocycles. The summed E-state index contributed by atoms with van der Waals surface area (Å²) in [6.45, 7) is 7.93. The van der Waals surface area contributed by atoms with Gasteiger partial charge in [-0.15, -0.1) is 0 Å². The van der Waals surface area contributed by atoms with Gasteiger partial charge in [0.1, 0.15) is 0 Å². The summed E-state index contributed by atoms with van der Waals surface area (Å²) in [5, 5.41) is 3.74. The first-order valence-electron chi connectivity index (χ1n) is 8.29. The summed E-state index contributed by atoms with van der Waals surface area (Å²) in [6.07, 6.45) is 7.98. The fourth-order valence-corrected chi connectivity index (χ4v) is 3.70. The molecule has 3 nitrogen and oxygen atoms in total. The van der Waals surface area contributed by atoms with Gasteiger partial charge in [-0.3, -0.25) is 0 Å². The maximum Gasteiger partial charge on any atom is 0.0469 e. The van der Waals surface area contributed by atoms with Crippen LogP contribution in [0.1, 0.15) is 45.4 Å². The maximum absolute atomic E-state index is 5.45.